The van der Waals surface area contributed by atoms with Crippen LogP contribution in [0.1, 0.15) is 15.9 Å². The van der Waals surface area contributed by atoms with Crippen molar-refractivity contribution in [2.75, 3.05) is 19.0 Å². The van der Waals surface area contributed by atoms with Gasteiger partial charge in [0, 0.05) is 31.8 Å². The standard InChI is InChI=1S/C16H15ClFNO/c1-19(2)13-5-3-4-12(10-13)16(20)9-11-6-7-14(17)15(18)8-11/h3-8,10H,9H2,1-2H3. The second kappa shape index (κ2) is 6.06. The van der Waals surface area contributed by atoms with Crippen molar-refractivity contribution in [3.8, 4) is 0 Å². The van der Waals surface area contributed by atoms with Gasteiger partial charge < -0.3 is 4.90 Å². The Bertz CT molecular complexity index is 640. The Morgan fingerprint density at radius 2 is 1.95 bits per heavy atom. The number of rotatable bonds is 4. The second-order valence-electron chi connectivity index (χ2n) is 4.79. The molecule has 0 saturated carbocycles. The second-order valence-corrected chi connectivity index (χ2v) is 5.20. The minimum absolute atomic E-state index is 0.0459. The van der Waals surface area contributed by atoms with E-state index in [0.717, 1.165) is 5.69 Å². The number of carbonyl (C=O) groups excluding carboxylic acids is 1. The van der Waals surface area contributed by atoms with E-state index in [0.29, 0.717) is 11.1 Å². The summed E-state index contributed by atoms with van der Waals surface area (Å²) in [5.41, 5.74) is 2.19. The van der Waals surface area contributed by atoms with E-state index in [4.69, 9.17) is 11.6 Å². The smallest absolute Gasteiger partial charge is 0.167 e. The SMILES string of the molecule is CN(C)c1cccc(C(=O)Cc2ccc(Cl)c(F)c2)c1. The lowest BCUT2D eigenvalue weighted by Gasteiger charge is -2.13. The molecule has 0 saturated heterocycles. The van der Waals surface area contributed by atoms with Crippen LogP contribution in [0.2, 0.25) is 5.02 Å². The van der Waals surface area contributed by atoms with Crippen LogP contribution in [0, 0.1) is 5.82 Å². The van der Waals surface area contributed by atoms with Crippen LogP contribution in [-0.2, 0) is 6.42 Å². The molecule has 0 heterocycles. The van der Waals surface area contributed by atoms with Gasteiger partial charge in [-0.3, -0.25) is 4.79 Å². The first-order valence-corrected chi connectivity index (χ1v) is 6.59. The van der Waals surface area contributed by atoms with Crippen LogP contribution in [0.3, 0.4) is 0 Å². The summed E-state index contributed by atoms with van der Waals surface area (Å²) in [5, 5.41) is 0.0656. The minimum Gasteiger partial charge on any atom is -0.378 e. The molecule has 0 spiro atoms. The number of Topliss-reactive ketones (excluding diaryl/α,β-unsaturated/α-hetero) is 1. The van der Waals surface area contributed by atoms with Gasteiger partial charge in [-0.15, -0.1) is 0 Å². The summed E-state index contributed by atoms with van der Waals surface area (Å²) in [7, 11) is 3.83. The summed E-state index contributed by atoms with van der Waals surface area (Å²) in [5.74, 6) is -0.547. The maximum Gasteiger partial charge on any atom is 0.167 e. The monoisotopic (exact) mass is 291 g/mol. The van der Waals surface area contributed by atoms with Gasteiger partial charge in [-0.25, -0.2) is 4.39 Å². The average molecular weight is 292 g/mol. The molecule has 2 aromatic carbocycles. The van der Waals surface area contributed by atoms with Crippen LogP contribution in [0.15, 0.2) is 42.5 Å². The molecule has 0 unspecified atom stereocenters. The highest BCUT2D eigenvalue weighted by atomic mass is 35.5. The summed E-state index contributed by atoms with van der Waals surface area (Å²) in [6, 6.07) is 11.8. The number of anilines is 1. The summed E-state index contributed by atoms with van der Waals surface area (Å²) in [4.78, 5) is 14.1. The fourth-order valence-electron chi connectivity index (χ4n) is 1.89. The summed E-state index contributed by atoms with van der Waals surface area (Å²) in [6.07, 6.45) is 0.158. The van der Waals surface area contributed by atoms with Crippen molar-refractivity contribution in [1.29, 1.82) is 0 Å². The Kier molecular flexibility index (Phi) is 4.40. The van der Waals surface area contributed by atoms with Gasteiger partial charge in [-0.2, -0.15) is 0 Å². The molecule has 0 aliphatic rings. The predicted octanol–water partition coefficient (Wildman–Crippen LogP) is 3.97. The van der Waals surface area contributed by atoms with Crippen LogP contribution in [0.5, 0.6) is 0 Å². The first-order chi connectivity index (χ1) is 9.47. The topological polar surface area (TPSA) is 20.3 Å². The summed E-state index contributed by atoms with van der Waals surface area (Å²) in [6.45, 7) is 0. The molecule has 0 bridgehead atoms. The molecule has 0 aromatic heterocycles. The highest BCUT2D eigenvalue weighted by Gasteiger charge is 2.10. The molecule has 4 heteroatoms. The van der Waals surface area contributed by atoms with Gasteiger partial charge in [-0.1, -0.05) is 29.8 Å². The number of carbonyl (C=O) groups is 1. The molecule has 0 radical (unpaired) electrons. The Morgan fingerprint density at radius 1 is 1.20 bits per heavy atom. The van der Waals surface area contributed by atoms with Crippen LogP contribution in [0.25, 0.3) is 0 Å². The third kappa shape index (κ3) is 3.36. The van der Waals surface area contributed by atoms with Gasteiger partial charge in [0.15, 0.2) is 5.78 Å². The Labute approximate surface area is 122 Å². The van der Waals surface area contributed by atoms with Gasteiger partial charge in [0.25, 0.3) is 0 Å². The van der Waals surface area contributed by atoms with Gasteiger partial charge >= 0.3 is 0 Å². The van der Waals surface area contributed by atoms with Gasteiger partial charge in [0.1, 0.15) is 5.82 Å². The van der Waals surface area contributed by atoms with E-state index in [9.17, 15) is 9.18 Å². The van der Waals surface area contributed by atoms with E-state index in [2.05, 4.69) is 0 Å². The maximum atomic E-state index is 13.4. The van der Waals surface area contributed by atoms with Crippen LogP contribution in [-0.4, -0.2) is 19.9 Å². The van der Waals surface area contributed by atoms with Crippen molar-refractivity contribution >= 4 is 23.1 Å². The third-order valence-corrected chi connectivity index (χ3v) is 3.34. The first-order valence-electron chi connectivity index (χ1n) is 6.22. The van der Waals surface area contributed by atoms with Crippen LogP contribution >= 0.6 is 11.6 Å². The number of halogens is 2. The van der Waals surface area contributed by atoms with Crippen molar-refractivity contribution in [1.82, 2.24) is 0 Å². The molecule has 2 aromatic rings. The van der Waals surface area contributed by atoms with E-state index >= 15 is 0 Å². The van der Waals surface area contributed by atoms with Crippen molar-refractivity contribution in [2.24, 2.45) is 0 Å². The molecular formula is C16H15ClFNO. The van der Waals surface area contributed by atoms with Gasteiger partial charge in [-0.05, 0) is 29.8 Å². The minimum atomic E-state index is -0.501. The molecule has 0 N–H and O–H groups in total. The highest BCUT2D eigenvalue weighted by Crippen LogP contribution is 2.18. The largest absolute Gasteiger partial charge is 0.378 e. The highest BCUT2D eigenvalue weighted by molar-refractivity contribution is 6.30. The Balaban J connectivity index is 2.19. The molecule has 2 rings (SSSR count). The molecule has 0 atom stereocenters. The molecule has 0 aliphatic heterocycles. The normalized spacial score (nSPS) is 10.4. The molecule has 2 nitrogen and oxygen atoms in total. The molecule has 0 aliphatic carbocycles. The van der Waals surface area contributed by atoms with Crippen molar-refractivity contribution in [3.63, 3.8) is 0 Å². The zero-order valence-electron chi connectivity index (χ0n) is 11.4. The Morgan fingerprint density at radius 3 is 2.60 bits per heavy atom. The fourth-order valence-corrected chi connectivity index (χ4v) is 2.01. The number of hydrogen-bond acceptors (Lipinski definition) is 2. The number of nitrogens with zero attached hydrogens (tertiary/aromatic N) is 1. The van der Waals surface area contributed by atoms with Crippen LogP contribution in [0.4, 0.5) is 10.1 Å². The lowest BCUT2D eigenvalue weighted by Crippen LogP contribution is -2.10. The van der Waals surface area contributed by atoms with Crippen molar-refractivity contribution < 1.29 is 9.18 Å². The number of benzene rings is 2. The molecular weight excluding hydrogens is 277 g/mol. The molecule has 20 heavy (non-hydrogen) atoms. The zero-order valence-corrected chi connectivity index (χ0v) is 12.1. The maximum absolute atomic E-state index is 13.4. The predicted molar refractivity (Wildman–Crippen MR) is 80.2 cm³/mol. The molecule has 0 amide bonds. The Hall–Kier alpha value is -1.87. The van der Waals surface area contributed by atoms with Crippen molar-refractivity contribution in [3.05, 3.63) is 64.4 Å². The molecule has 104 valence electrons. The van der Waals surface area contributed by atoms with E-state index in [-0.39, 0.29) is 17.2 Å². The van der Waals surface area contributed by atoms with Gasteiger partial charge in [0.2, 0.25) is 0 Å². The zero-order chi connectivity index (χ0) is 14.7. The first kappa shape index (κ1) is 14.5. The summed E-state index contributed by atoms with van der Waals surface area (Å²) < 4.78 is 13.4. The quantitative estimate of drug-likeness (QED) is 0.795. The van der Waals surface area contributed by atoms with E-state index in [1.54, 1.807) is 12.1 Å². The third-order valence-electron chi connectivity index (χ3n) is 3.03. The number of hydrogen-bond donors (Lipinski definition) is 0. The van der Waals surface area contributed by atoms with Crippen molar-refractivity contribution in [2.45, 2.75) is 6.42 Å². The van der Waals surface area contributed by atoms with Gasteiger partial charge in [0.05, 0.1) is 5.02 Å². The number of ketones is 1. The average Bonchev–Trinajstić information content (AvgIpc) is 2.43. The lowest BCUT2D eigenvalue weighted by atomic mass is 10.0. The lowest BCUT2D eigenvalue weighted by molar-refractivity contribution is 0.0993. The van der Waals surface area contributed by atoms with E-state index in [1.807, 2.05) is 37.2 Å². The van der Waals surface area contributed by atoms with Crippen LogP contribution < -0.4 is 4.90 Å². The van der Waals surface area contributed by atoms with E-state index in [1.165, 1.54) is 12.1 Å². The summed E-state index contributed by atoms with van der Waals surface area (Å²) >= 11 is 5.62. The molecule has 0 fully saturated rings. The fraction of sp³-hybridized carbons (Fsp3) is 0.188. The van der Waals surface area contributed by atoms with E-state index < -0.39 is 5.82 Å².